The van der Waals surface area contributed by atoms with Crippen LogP contribution in [-0.2, 0) is 9.59 Å². The van der Waals surface area contributed by atoms with Crippen molar-refractivity contribution in [3.63, 3.8) is 0 Å². The van der Waals surface area contributed by atoms with Crippen molar-refractivity contribution in [3.05, 3.63) is 59.7 Å². The topological polar surface area (TPSA) is 49.9 Å². The molecule has 2 saturated heterocycles. The Morgan fingerprint density at radius 2 is 1.86 bits per heavy atom. The second kappa shape index (κ2) is 7.81. The maximum Gasteiger partial charge on any atom is 0.228 e. The van der Waals surface area contributed by atoms with Crippen LogP contribution in [0.3, 0.4) is 0 Å². The fourth-order valence-electron chi connectivity index (χ4n) is 4.17. The predicted molar refractivity (Wildman–Crippen MR) is 104 cm³/mol. The molecule has 0 saturated carbocycles. The Hall–Kier alpha value is -2.96. The highest BCUT2D eigenvalue weighted by Gasteiger charge is 2.40. The van der Waals surface area contributed by atoms with Gasteiger partial charge in [0.15, 0.2) is 0 Å². The van der Waals surface area contributed by atoms with Crippen LogP contribution in [0, 0.1) is 17.6 Å². The minimum absolute atomic E-state index is 0.0178. The van der Waals surface area contributed by atoms with E-state index in [0.29, 0.717) is 13.1 Å². The number of methoxy groups -OCH3 is 1. The van der Waals surface area contributed by atoms with Gasteiger partial charge in [-0.3, -0.25) is 9.59 Å². The zero-order valence-electron chi connectivity index (χ0n) is 16.1. The molecule has 2 unspecified atom stereocenters. The summed E-state index contributed by atoms with van der Waals surface area (Å²) in [5.74, 6) is -1.38. The fraction of sp³-hybridized carbons (Fsp3) is 0.364. The van der Waals surface area contributed by atoms with Crippen molar-refractivity contribution >= 4 is 17.5 Å². The zero-order chi connectivity index (χ0) is 20.5. The number of benzene rings is 2. The molecule has 2 aromatic rings. The van der Waals surface area contributed by atoms with Gasteiger partial charge < -0.3 is 14.5 Å². The molecule has 0 bridgehead atoms. The zero-order valence-corrected chi connectivity index (χ0v) is 16.1. The second-order valence-corrected chi connectivity index (χ2v) is 7.54. The van der Waals surface area contributed by atoms with Crippen molar-refractivity contribution in [2.45, 2.75) is 18.8 Å². The number of hydrogen-bond acceptors (Lipinski definition) is 3. The molecule has 7 heteroatoms. The molecule has 2 aliphatic heterocycles. The lowest BCUT2D eigenvalue weighted by atomic mass is 9.98. The first kappa shape index (κ1) is 19.4. The SMILES string of the molecule is COc1ccc(C2CCN(C(=O)C3CC(=O)N(c4ccc(F)cc4F)C3)C2)cc1. The van der Waals surface area contributed by atoms with E-state index >= 15 is 0 Å². The smallest absolute Gasteiger partial charge is 0.228 e. The lowest BCUT2D eigenvalue weighted by Gasteiger charge is -2.21. The van der Waals surface area contributed by atoms with Crippen LogP contribution >= 0.6 is 0 Å². The molecule has 2 heterocycles. The fourth-order valence-corrected chi connectivity index (χ4v) is 4.17. The molecule has 0 spiro atoms. The van der Waals surface area contributed by atoms with Crippen LogP contribution in [0.25, 0.3) is 0 Å². The van der Waals surface area contributed by atoms with Gasteiger partial charge in [-0.1, -0.05) is 12.1 Å². The summed E-state index contributed by atoms with van der Waals surface area (Å²) < 4.78 is 32.4. The minimum atomic E-state index is -0.799. The molecule has 5 nitrogen and oxygen atoms in total. The number of carbonyl (C=O) groups is 2. The van der Waals surface area contributed by atoms with Crippen molar-refractivity contribution in [1.82, 2.24) is 4.90 Å². The molecule has 0 N–H and O–H groups in total. The molecule has 4 rings (SSSR count). The average molecular weight is 400 g/mol. The largest absolute Gasteiger partial charge is 0.497 e. The van der Waals surface area contributed by atoms with Gasteiger partial charge in [0.05, 0.1) is 18.7 Å². The van der Waals surface area contributed by atoms with Gasteiger partial charge in [0.25, 0.3) is 0 Å². The molecule has 0 aromatic heterocycles. The Bertz CT molecular complexity index is 932. The van der Waals surface area contributed by atoms with Crippen molar-refractivity contribution in [2.24, 2.45) is 5.92 Å². The number of halogens is 2. The van der Waals surface area contributed by atoms with Crippen LogP contribution in [0.5, 0.6) is 5.75 Å². The molecule has 29 heavy (non-hydrogen) atoms. The summed E-state index contributed by atoms with van der Waals surface area (Å²) in [6.07, 6.45) is 0.897. The summed E-state index contributed by atoms with van der Waals surface area (Å²) in [5.41, 5.74) is 1.17. The van der Waals surface area contributed by atoms with Gasteiger partial charge in [-0.25, -0.2) is 8.78 Å². The predicted octanol–water partition coefficient (Wildman–Crippen LogP) is 3.34. The standard InChI is InChI=1S/C22H22F2N2O3/c1-29-18-5-2-14(3-6-18)15-8-9-25(12-15)22(28)16-10-21(27)26(13-16)20-7-4-17(23)11-19(20)24/h2-7,11,15-16H,8-10,12-13H2,1H3. The average Bonchev–Trinajstić information content (AvgIpc) is 3.35. The van der Waals surface area contributed by atoms with Gasteiger partial charge >= 0.3 is 0 Å². The van der Waals surface area contributed by atoms with E-state index in [-0.39, 0.29) is 36.4 Å². The molecule has 152 valence electrons. The van der Waals surface area contributed by atoms with E-state index in [0.717, 1.165) is 29.9 Å². The molecule has 0 radical (unpaired) electrons. The third-order valence-electron chi connectivity index (χ3n) is 5.76. The highest BCUT2D eigenvalue weighted by Crippen LogP contribution is 2.32. The van der Waals surface area contributed by atoms with E-state index in [1.165, 1.54) is 11.0 Å². The summed E-state index contributed by atoms with van der Waals surface area (Å²) in [7, 11) is 1.62. The Morgan fingerprint density at radius 3 is 2.55 bits per heavy atom. The monoisotopic (exact) mass is 400 g/mol. The third-order valence-corrected chi connectivity index (χ3v) is 5.76. The number of amides is 2. The first-order valence-electron chi connectivity index (χ1n) is 9.64. The van der Waals surface area contributed by atoms with Crippen molar-refractivity contribution in [3.8, 4) is 5.75 Å². The van der Waals surface area contributed by atoms with E-state index in [4.69, 9.17) is 4.74 Å². The summed E-state index contributed by atoms with van der Waals surface area (Å²) >= 11 is 0. The Labute approximate surface area is 167 Å². The number of likely N-dealkylation sites (tertiary alicyclic amines) is 1. The summed E-state index contributed by atoms with van der Waals surface area (Å²) in [6, 6.07) is 10.9. The summed E-state index contributed by atoms with van der Waals surface area (Å²) in [4.78, 5) is 28.4. The van der Waals surface area contributed by atoms with E-state index in [1.54, 1.807) is 12.0 Å². The number of ether oxygens (including phenoxy) is 1. The maximum atomic E-state index is 14.1. The molecule has 2 aromatic carbocycles. The first-order chi connectivity index (χ1) is 14.0. The van der Waals surface area contributed by atoms with Crippen LogP contribution in [0.4, 0.5) is 14.5 Å². The highest BCUT2D eigenvalue weighted by atomic mass is 19.1. The number of nitrogens with zero attached hydrogens (tertiary/aromatic N) is 2. The first-order valence-corrected chi connectivity index (χ1v) is 9.64. The van der Waals surface area contributed by atoms with Crippen molar-refractivity contribution < 1.29 is 23.1 Å². The highest BCUT2D eigenvalue weighted by molar-refractivity contribution is 6.00. The van der Waals surface area contributed by atoms with E-state index in [9.17, 15) is 18.4 Å². The van der Waals surface area contributed by atoms with Gasteiger partial charge in [0.1, 0.15) is 17.4 Å². The van der Waals surface area contributed by atoms with E-state index in [1.807, 2.05) is 24.3 Å². The van der Waals surface area contributed by atoms with Gasteiger partial charge in [0, 0.05) is 38.0 Å². The van der Waals surface area contributed by atoms with Gasteiger partial charge in [-0.15, -0.1) is 0 Å². The second-order valence-electron chi connectivity index (χ2n) is 7.54. The number of anilines is 1. The van der Waals surface area contributed by atoms with Crippen LogP contribution in [-0.4, -0.2) is 43.5 Å². The molecule has 2 aliphatic rings. The van der Waals surface area contributed by atoms with Crippen LogP contribution in [0.2, 0.25) is 0 Å². The molecular formula is C22H22F2N2O3. The summed E-state index contributed by atoms with van der Waals surface area (Å²) in [5, 5.41) is 0. The lowest BCUT2D eigenvalue weighted by molar-refractivity contribution is -0.134. The van der Waals surface area contributed by atoms with E-state index < -0.39 is 17.6 Å². The maximum absolute atomic E-state index is 14.1. The van der Waals surface area contributed by atoms with Crippen molar-refractivity contribution in [1.29, 1.82) is 0 Å². The molecule has 2 amide bonds. The van der Waals surface area contributed by atoms with Crippen LogP contribution < -0.4 is 9.64 Å². The summed E-state index contributed by atoms with van der Waals surface area (Å²) in [6.45, 7) is 1.34. The van der Waals surface area contributed by atoms with Gasteiger partial charge in [-0.2, -0.15) is 0 Å². The lowest BCUT2D eigenvalue weighted by Crippen LogP contribution is -2.36. The molecule has 2 atom stereocenters. The van der Waals surface area contributed by atoms with Crippen molar-refractivity contribution in [2.75, 3.05) is 31.6 Å². The number of hydrogen-bond donors (Lipinski definition) is 0. The van der Waals surface area contributed by atoms with Crippen LogP contribution in [0.1, 0.15) is 24.3 Å². The Morgan fingerprint density at radius 1 is 1.10 bits per heavy atom. The van der Waals surface area contributed by atoms with E-state index in [2.05, 4.69) is 0 Å². The Kier molecular flexibility index (Phi) is 5.22. The minimum Gasteiger partial charge on any atom is -0.497 e. The number of rotatable bonds is 4. The molecule has 0 aliphatic carbocycles. The Balaban J connectivity index is 1.41. The van der Waals surface area contributed by atoms with Crippen LogP contribution in [0.15, 0.2) is 42.5 Å². The quantitative estimate of drug-likeness (QED) is 0.791. The molecular weight excluding hydrogens is 378 g/mol. The normalized spacial score (nSPS) is 21.7. The third kappa shape index (κ3) is 3.81. The number of carbonyl (C=O) groups excluding carboxylic acids is 2. The van der Waals surface area contributed by atoms with Gasteiger partial charge in [-0.05, 0) is 36.2 Å². The molecule has 2 fully saturated rings. The van der Waals surface area contributed by atoms with Gasteiger partial charge in [0.2, 0.25) is 11.8 Å².